The van der Waals surface area contributed by atoms with Crippen LogP contribution in [0.2, 0.25) is 0 Å². The van der Waals surface area contributed by atoms with Crippen LogP contribution in [0.1, 0.15) is 15.2 Å². The highest BCUT2D eigenvalue weighted by Crippen LogP contribution is 2.16. The number of thiophene rings is 1. The Morgan fingerprint density at radius 1 is 1.35 bits per heavy atom. The second kappa shape index (κ2) is 6.66. The van der Waals surface area contributed by atoms with Gasteiger partial charge in [0, 0.05) is 29.1 Å². The second-order valence-electron chi connectivity index (χ2n) is 5.03. The van der Waals surface area contributed by atoms with Crippen LogP contribution < -0.4 is 15.5 Å². The lowest BCUT2D eigenvalue weighted by Crippen LogP contribution is -2.30. The van der Waals surface area contributed by atoms with Crippen LogP contribution in [0.3, 0.4) is 0 Å². The summed E-state index contributed by atoms with van der Waals surface area (Å²) < 4.78 is 5.13. The van der Waals surface area contributed by atoms with Crippen molar-refractivity contribution in [3.8, 4) is 5.75 Å². The van der Waals surface area contributed by atoms with E-state index in [0.29, 0.717) is 23.2 Å². The van der Waals surface area contributed by atoms with Gasteiger partial charge in [0.2, 0.25) is 5.43 Å². The topological polar surface area (TPSA) is 71.2 Å². The molecule has 0 radical (unpaired) electrons. The van der Waals surface area contributed by atoms with E-state index in [-0.39, 0.29) is 16.9 Å². The van der Waals surface area contributed by atoms with Gasteiger partial charge >= 0.3 is 0 Å². The van der Waals surface area contributed by atoms with Gasteiger partial charge in [0.15, 0.2) is 0 Å². The number of H-pyrrole nitrogens is 1. The maximum absolute atomic E-state index is 12.4. The Balaban J connectivity index is 1.77. The number of aromatic amines is 1. The molecule has 0 aliphatic carbocycles. The fourth-order valence-electron chi connectivity index (χ4n) is 2.35. The smallest absolute Gasteiger partial charge is 0.256 e. The van der Waals surface area contributed by atoms with Gasteiger partial charge in [-0.15, -0.1) is 11.3 Å². The van der Waals surface area contributed by atoms with Gasteiger partial charge in [-0.25, -0.2) is 0 Å². The minimum atomic E-state index is -0.361. The molecule has 6 heteroatoms. The Labute approximate surface area is 136 Å². The lowest BCUT2D eigenvalue weighted by molar-refractivity contribution is 0.0953. The number of methoxy groups -OCH3 is 1. The van der Waals surface area contributed by atoms with E-state index in [1.54, 1.807) is 36.6 Å². The van der Waals surface area contributed by atoms with Crippen LogP contribution in [0.5, 0.6) is 5.75 Å². The molecule has 0 aliphatic rings. The molecule has 3 rings (SSSR count). The standard InChI is InChI=1S/C17H16N2O3S/c1-22-11-4-5-13-15(9-11)19-10-14(16(13)20)17(21)18-7-6-12-3-2-8-23-12/h2-5,8-10H,6-7H2,1H3,(H,18,21)(H,19,20). The SMILES string of the molecule is COc1ccc2c(=O)c(C(=O)NCCc3cccs3)c[nH]c2c1. The molecule has 2 heterocycles. The number of hydrogen-bond acceptors (Lipinski definition) is 4. The second-order valence-corrected chi connectivity index (χ2v) is 6.06. The summed E-state index contributed by atoms with van der Waals surface area (Å²) in [5, 5.41) is 5.26. The van der Waals surface area contributed by atoms with Gasteiger partial charge in [-0.1, -0.05) is 6.07 Å². The summed E-state index contributed by atoms with van der Waals surface area (Å²) in [7, 11) is 1.56. The zero-order valence-electron chi connectivity index (χ0n) is 12.6. The van der Waals surface area contributed by atoms with E-state index < -0.39 is 0 Å². The number of aromatic nitrogens is 1. The molecule has 0 atom stereocenters. The van der Waals surface area contributed by atoms with E-state index in [9.17, 15) is 9.59 Å². The van der Waals surface area contributed by atoms with Crippen molar-refractivity contribution in [2.45, 2.75) is 6.42 Å². The van der Waals surface area contributed by atoms with Crippen molar-refractivity contribution in [1.82, 2.24) is 10.3 Å². The van der Waals surface area contributed by atoms with Crippen molar-refractivity contribution in [3.63, 3.8) is 0 Å². The minimum absolute atomic E-state index is 0.119. The van der Waals surface area contributed by atoms with Crippen LogP contribution >= 0.6 is 11.3 Å². The highest BCUT2D eigenvalue weighted by Gasteiger charge is 2.13. The number of benzene rings is 1. The number of carbonyl (C=O) groups excluding carboxylic acids is 1. The number of hydrogen-bond donors (Lipinski definition) is 2. The molecule has 2 aromatic heterocycles. The predicted molar refractivity (Wildman–Crippen MR) is 91.5 cm³/mol. The average molecular weight is 328 g/mol. The summed E-state index contributed by atoms with van der Waals surface area (Å²) in [5.41, 5.74) is 0.480. The number of amides is 1. The van der Waals surface area contributed by atoms with E-state index in [2.05, 4.69) is 10.3 Å². The van der Waals surface area contributed by atoms with Crippen molar-refractivity contribution < 1.29 is 9.53 Å². The van der Waals surface area contributed by atoms with Crippen molar-refractivity contribution in [3.05, 3.63) is 62.6 Å². The van der Waals surface area contributed by atoms with Gasteiger partial charge in [0.05, 0.1) is 12.6 Å². The molecule has 3 aromatic rings. The molecule has 0 spiro atoms. The fourth-order valence-corrected chi connectivity index (χ4v) is 3.06. The fraction of sp³-hybridized carbons (Fsp3) is 0.176. The number of rotatable bonds is 5. The first-order valence-corrected chi connectivity index (χ1v) is 8.07. The molecule has 2 N–H and O–H groups in total. The molecule has 0 saturated carbocycles. The predicted octanol–water partition coefficient (Wildman–Crippen LogP) is 2.57. The van der Waals surface area contributed by atoms with Crippen molar-refractivity contribution >= 4 is 28.1 Å². The average Bonchev–Trinajstić information content (AvgIpc) is 3.08. The lowest BCUT2D eigenvalue weighted by Gasteiger charge is -2.06. The summed E-state index contributed by atoms with van der Waals surface area (Å²) in [6, 6.07) is 9.10. The van der Waals surface area contributed by atoms with Gasteiger partial charge in [0.25, 0.3) is 5.91 Å². The molecular formula is C17H16N2O3S. The number of carbonyl (C=O) groups is 1. The van der Waals surface area contributed by atoms with E-state index >= 15 is 0 Å². The van der Waals surface area contributed by atoms with Crippen LogP contribution in [0.15, 0.2) is 46.7 Å². The first kappa shape index (κ1) is 15.3. The summed E-state index contributed by atoms with van der Waals surface area (Å²) >= 11 is 1.65. The van der Waals surface area contributed by atoms with Gasteiger partial charge in [-0.05, 0) is 30.0 Å². The summed E-state index contributed by atoms with van der Waals surface area (Å²) in [4.78, 5) is 28.8. The van der Waals surface area contributed by atoms with Crippen molar-refractivity contribution in [2.75, 3.05) is 13.7 Å². The molecule has 1 amide bonds. The highest BCUT2D eigenvalue weighted by molar-refractivity contribution is 7.09. The molecule has 0 unspecified atom stereocenters. The highest BCUT2D eigenvalue weighted by atomic mass is 32.1. The van der Waals surface area contributed by atoms with Gasteiger partial charge < -0.3 is 15.0 Å². The number of nitrogens with one attached hydrogen (secondary N) is 2. The third-order valence-electron chi connectivity index (χ3n) is 3.57. The normalized spacial score (nSPS) is 10.7. The Morgan fingerprint density at radius 3 is 2.96 bits per heavy atom. The maximum atomic E-state index is 12.4. The maximum Gasteiger partial charge on any atom is 0.256 e. The van der Waals surface area contributed by atoms with E-state index in [1.165, 1.54) is 11.1 Å². The summed E-state index contributed by atoms with van der Waals surface area (Å²) in [6.45, 7) is 0.499. The zero-order valence-corrected chi connectivity index (χ0v) is 13.4. The van der Waals surface area contributed by atoms with Gasteiger partial charge in [0.1, 0.15) is 11.3 Å². The van der Waals surface area contributed by atoms with Crippen LogP contribution in [0, 0.1) is 0 Å². The Hall–Kier alpha value is -2.60. The first-order chi connectivity index (χ1) is 11.2. The Kier molecular flexibility index (Phi) is 4.43. The number of ether oxygens (including phenoxy) is 1. The summed E-state index contributed by atoms with van der Waals surface area (Å²) in [6.07, 6.45) is 2.21. The van der Waals surface area contributed by atoms with E-state index in [0.717, 1.165) is 6.42 Å². The van der Waals surface area contributed by atoms with Crippen molar-refractivity contribution in [1.29, 1.82) is 0 Å². The third kappa shape index (κ3) is 3.27. The molecule has 23 heavy (non-hydrogen) atoms. The minimum Gasteiger partial charge on any atom is -0.497 e. The summed E-state index contributed by atoms with van der Waals surface area (Å²) in [5.74, 6) is 0.293. The molecule has 1 aromatic carbocycles. The van der Waals surface area contributed by atoms with Crippen LogP contribution in [0.4, 0.5) is 0 Å². The van der Waals surface area contributed by atoms with Gasteiger partial charge in [-0.2, -0.15) is 0 Å². The molecule has 0 bridgehead atoms. The molecular weight excluding hydrogens is 312 g/mol. The van der Waals surface area contributed by atoms with Gasteiger partial charge in [-0.3, -0.25) is 9.59 Å². The first-order valence-electron chi connectivity index (χ1n) is 7.19. The van der Waals surface area contributed by atoms with Crippen LogP contribution in [0.25, 0.3) is 10.9 Å². The molecule has 0 fully saturated rings. The molecule has 0 aliphatic heterocycles. The molecule has 5 nitrogen and oxygen atoms in total. The van der Waals surface area contributed by atoms with Crippen LogP contribution in [-0.2, 0) is 6.42 Å². The molecule has 118 valence electrons. The lowest BCUT2D eigenvalue weighted by atomic mass is 10.1. The van der Waals surface area contributed by atoms with E-state index in [1.807, 2.05) is 17.5 Å². The molecule has 0 saturated heterocycles. The van der Waals surface area contributed by atoms with Crippen LogP contribution in [-0.4, -0.2) is 24.5 Å². The van der Waals surface area contributed by atoms with E-state index in [4.69, 9.17) is 4.74 Å². The number of fused-ring (bicyclic) bond motifs is 1. The number of pyridine rings is 1. The third-order valence-corrected chi connectivity index (χ3v) is 4.51. The quantitative estimate of drug-likeness (QED) is 0.756. The monoisotopic (exact) mass is 328 g/mol. The van der Waals surface area contributed by atoms with Crippen molar-refractivity contribution in [2.24, 2.45) is 0 Å². The zero-order chi connectivity index (χ0) is 16.2. The Morgan fingerprint density at radius 2 is 2.22 bits per heavy atom. The largest absolute Gasteiger partial charge is 0.497 e. The Bertz CT molecular complexity index is 884.